The molecule has 0 heterocycles. The second-order valence-electron chi connectivity index (χ2n) is 7.09. The monoisotopic (exact) mass is 430 g/mol. The maximum Gasteiger partial charge on any atom is 0.332 e. The SMILES string of the molecule is CC(O)COC(C)COP(OCC(C)OCC(C)O)OCC(C)OCC(C)O. The Hall–Kier alpha value is 0.0700. The molecule has 3 N–H and O–H groups in total. The zero-order valence-electron chi connectivity index (χ0n) is 17.9. The van der Waals surface area contributed by atoms with E-state index < -0.39 is 26.9 Å². The summed E-state index contributed by atoms with van der Waals surface area (Å²) in [6.45, 7) is 11.8. The molecule has 0 aliphatic carbocycles. The van der Waals surface area contributed by atoms with Gasteiger partial charge in [-0.2, -0.15) is 0 Å². The van der Waals surface area contributed by atoms with Gasteiger partial charge in [0.15, 0.2) is 0 Å². The van der Waals surface area contributed by atoms with Gasteiger partial charge in [-0.15, -0.1) is 0 Å². The van der Waals surface area contributed by atoms with E-state index in [0.717, 1.165) is 0 Å². The number of ether oxygens (including phenoxy) is 3. The van der Waals surface area contributed by atoms with Gasteiger partial charge in [0.1, 0.15) is 0 Å². The third kappa shape index (κ3) is 18.1. The predicted molar refractivity (Wildman–Crippen MR) is 106 cm³/mol. The first kappa shape index (κ1) is 28.1. The molecule has 0 radical (unpaired) electrons. The standard InChI is InChI=1S/C18H39O9P/c1-13(19)7-22-16(4)10-25-28(26-11-17(5)23-8-14(2)20)27-12-18(6)24-9-15(3)21/h13-21H,7-12H2,1-6H3. The lowest BCUT2D eigenvalue weighted by atomic mass is 10.4. The highest BCUT2D eigenvalue weighted by Crippen LogP contribution is 2.40. The number of aliphatic hydroxyl groups is 3. The fourth-order valence-electron chi connectivity index (χ4n) is 1.66. The predicted octanol–water partition coefficient (Wildman–Crippen LogP) is 1.62. The highest BCUT2D eigenvalue weighted by atomic mass is 31.2. The van der Waals surface area contributed by atoms with Crippen LogP contribution in [0.15, 0.2) is 0 Å². The van der Waals surface area contributed by atoms with Crippen LogP contribution in [-0.4, -0.2) is 91.6 Å². The van der Waals surface area contributed by atoms with Crippen LogP contribution in [0.25, 0.3) is 0 Å². The molecule has 0 spiro atoms. The third-order valence-corrected chi connectivity index (χ3v) is 4.19. The minimum absolute atomic E-state index is 0.221. The molecule has 0 saturated heterocycles. The average molecular weight is 430 g/mol. The van der Waals surface area contributed by atoms with Crippen LogP contribution in [0.4, 0.5) is 0 Å². The Bertz CT molecular complexity index is 306. The van der Waals surface area contributed by atoms with Gasteiger partial charge in [-0.1, -0.05) is 0 Å². The highest BCUT2D eigenvalue weighted by molar-refractivity contribution is 7.41. The molecule has 10 heteroatoms. The fourth-order valence-corrected chi connectivity index (χ4v) is 2.88. The first-order valence-corrected chi connectivity index (χ1v) is 10.8. The van der Waals surface area contributed by atoms with E-state index in [1.165, 1.54) is 0 Å². The summed E-state index contributed by atoms with van der Waals surface area (Å²) in [5.74, 6) is 0. The molecular weight excluding hydrogens is 391 g/mol. The molecule has 0 saturated carbocycles. The summed E-state index contributed by atoms with van der Waals surface area (Å²) in [5, 5.41) is 27.8. The Kier molecular flexibility index (Phi) is 16.9. The van der Waals surface area contributed by atoms with Crippen LogP contribution in [0.3, 0.4) is 0 Å². The maximum atomic E-state index is 9.27. The van der Waals surface area contributed by atoms with Gasteiger partial charge in [-0.3, -0.25) is 0 Å². The summed E-state index contributed by atoms with van der Waals surface area (Å²) in [7, 11) is -1.66. The third-order valence-electron chi connectivity index (χ3n) is 3.11. The van der Waals surface area contributed by atoms with Crippen molar-refractivity contribution in [3.05, 3.63) is 0 Å². The summed E-state index contributed by atoms with van der Waals surface area (Å²) in [6.07, 6.45) is -2.35. The molecule has 0 aromatic heterocycles. The minimum Gasteiger partial charge on any atom is -0.391 e. The van der Waals surface area contributed by atoms with Gasteiger partial charge in [-0.05, 0) is 41.5 Å². The minimum atomic E-state index is -1.66. The van der Waals surface area contributed by atoms with Gasteiger partial charge in [-0.25, -0.2) is 0 Å². The largest absolute Gasteiger partial charge is 0.391 e. The van der Waals surface area contributed by atoms with Crippen molar-refractivity contribution in [2.24, 2.45) is 0 Å². The van der Waals surface area contributed by atoms with Crippen molar-refractivity contribution in [1.82, 2.24) is 0 Å². The lowest BCUT2D eigenvalue weighted by Crippen LogP contribution is -2.24. The van der Waals surface area contributed by atoms with Crippen molar-refractivity contribution >= 4 is 8.60 Å². The smallest absolute Gasteiger partial charge is 0.332 e. The van der Waals surface area contributed by atoms with E-state index >= 15 is 0 Å². The summed E-state index contributed by atoms with van der Waals surface area (Å²) >= 11 is 0. The van der Waals surface area contributed by atoms with Crippen molar-refractivity contribution in [2.75, 3.05) is 39.6 Å². The first-order chi connectivity index (χ1) is 13.1. The van der Waals surface area contributed by atoms with E-state index in [1.807, 2.05) is 20.8 Å². The lowest BCUT2D eigenvalue weighted by Gasteiger charge is -2.23. The summed E-state index contributed by atoms with van der Waals surface area (Å²) in [6, 6.07) is 0. The Morgan fingerprint density at radius 1 is 0.500 bits per heavy atom. The molecule has 170 valence electrons. The second-order valence-corrected chi connectivity index (χ2v) is 8.31. The summed E-state index contributed by atoms with van der Waals surface area (Å²) in [4.78, 5) is 0. The van der Waals surface area contributed by atoms with E-state index in [1.54, 1.807) is 20.8 Å². The average Bonchev–Trinajstić information content (AvgIpc) is 2.62. The van der Waals surface area contributed by atoms with Crippen molar-refractivity contribution in [2.45, 2.75) is 78.2 Å². The Morgan fingerprint density at radius 2 is 0.750 bits per heavy atom. The Morgan fingerprint density at radius 3 is 0.964 bits per heavy atom. The molecule has 6 atom stereocenters. The van der Waals surface area contributed by atoms with Crippen LogP contribution < -0.4 is 0 Å². The van der Waals surface area contributed by atoms with E-state index in [4.69, 9.17) is 27.8 Å². The van der Waals surface area contributed by atoms with E-state index in [-0.39, 0.29) is 58.0 Å². The highest BCUT2D eigenvalue weighted by Gasteiger charge is 2.19. The molecule has 0 bridgehead atoms. The topological polar surface area (TPSA) is 116 Å². The molecule has 0 aliphatic rings. The van der Waals surface area contributed by atoms with E-state index in [2.05, 4.69) is 0 Å². The Labute approximate surface area is 170 Å². The number of hydrogen-bond acceptors (Lipinski definition) is 9. The van der Waals surface area contributed by atoms with E-state index in [9.17, 15) is 15.3 Å². The number of hydrogen-bond donors (Lipinski definition) is 3. The van der Waals surface area contributed by atoms with Crippen molar-refractivity contribution in [3.63, 3.8) is 0 Å². The summed E-state index contributed by atoms with van der Waals surface area (Å²) in [5.41, 5.74) is 0. The molecule has 0 amide bonds. The van der Waals surface area contributed by atoms with Crippen LogP contribution >= 0.6 is 8.60 Å². The fraction of sp³-hybridized carbons (Fsp3) is 1.00. The van der Waals surface area contributed by atoms with Crippen LogP contribution in [0, 0.1) is 0 Å². The van der Waals surface area contributed by atoms with Gasteiger partial charge in [0.2, 0.25) is 0 Å². The lowest BCUT2D eigenvalue weighted by molar-refractivity contribution is -0.0363. The van der Waals surface area contributed by atoms with Crippen LogP contribution in [0.5, 0.6) is 0 Å². The number of rotatable bonds is 18. The van der Waals surface area contributed by atoms with Gasteiger partial charge >= 0.3 is 8.60 Å². The molecule has 6 unspecified atom stereocenters. The van der Waals surface area contributed by atoms with Crippen molar-refractivity contribution < 1.29 is 43.1 Å². The van der Waals surface area contributed by atoms with Crippen molar-refractivity contribution in [3.8, 4) is 0 Å². The van der Waals surface area contributed by atoms with Crippen LogP contribution in [0.1, 0.15) is 41.5 Å². The Balaban J connectivity index is 4.39. The van der Waals surface area contributed by atoms with Crippen LogP contribution in [-0.2, 0) is 27.8 Å². The quantitative estimate of drug-likeness (QED) is 0.279. The molecular formula is C18H39O9P. The second kappa shape index (κ2) is 16.8. The molecule has 0 aromatic rings. The molecule has 0 aromatic carbocycles. The zero-order chi connectivity index (χ0) is 21.5. The van der Waals surface area contributed by atoms with Crippen LogP contribution in [0.2, 0.25) is 0 Å². The van der Waals surface area contributed by atoms with Gasteiger partial charge in [0.05, 0.1) is 76.3 Å². The van der Waals surface area contributed by atoms with Gasteiger partial charge in [0.25, 0.3) is 0 Å². The molecule has 28 heavy (non-hydrogen) atoms. The zero-order valence-corrected chi connectivity index (χ0v) is 18.8. The van der Waals surface area contributed by atoms with Crippen molar-refractivity contribution in [1.29, 1.82) is 0 Å². The van der Waals surface area contributed by atoms with Gasteiger partial charge in [0, 0.05) is 0 Å². The normalized spacial score (nSPS) is 19.6. The summed E-state index contributed by atoms with van der Waals surface area (Å²) < 4.78 is 33.4. The molecule has 0 aliphatic heterocycles. The molecule has 9 nitrogen and oxygen atoms in total. The molecule has 0 fully saturated rings. The first-order valence-electron chi connectivity index (χ1n) is 9.68. The molecule has 0 rings (SSSR count). The number of aliphatic hydroxyl groups excluding tert-OH is 3. The van der Waals surface area contributed by atoms with E-state index in [0.29, 0.717) is 0 Å². The maximum absolute atomic E-state index is 9.27. The van der Waals surface area contributed by atoms with Gasteiger partial charge < -0.3 is 43.1 Å².